The van der Waals surface area contributed by atoms with Gasteiger partial charge in [0.05, 0.1) is 12.3 Å². The molecular formula is C22H29N3O. The fourth-order valence-electron chi connectivity index (χ4n) is 4.01. The fourth-order valence-corrected chi connectivity index (χ4v) is 4.01. The second-order valence-corrected chi connectivity index (χ2v) is 7.77. The predicted molar refractivity (Wildman–Crippen MR) is 104 cm³/mol. The standard InChI is InChI=1S/C22H29N3O/c1-24-11-9-19-5-6-22(14-20(19)15-24)26-17-18-7-12-25(13-8-18)16-21-4-2-3-10-23-21/h2-6,10,14,18H,7-9,11-13,15-17H2,1H3. The Balaban J connectivity index is 1.24. The minimum atomic E-state index is 0.661. The maximum Gasteiger partial charge on any atom is 0.119 e. The molecule has 1 aromatic carbocycles. The van der Waals surface area contributed by atoms with Crippen molar-refractivity contribution < 1.29 is 4.74 Å². The van der Waals surface area contributed by atoms with Gasteiger partial charge in [0.2, 0.25) is 0 Å². The summed E-state index contributed by atoms with van der Waals surface area (Å²) in [6.07, 6.45) is 5.45. The van der Waals surface area contributed by atoms with E-state index >= 15 is 0 Å². The minimum absolute atomic E-state index is 0.661. The Labute approximate surface area is 156 Å². The number of ether oxygens (including phenoxy) is 1. The highest BCUT2D eigenvalue weighted by Crippen LogP contribution is 2.25. The molecule has 0 bridgehead atoms. The third-order valence-corrected chi connectivity index (χ3v) is 5.69. The van der Waals surface area contributed by atoms with Crippen LogP contribution in [0.3, 0.4) is 0 Å². The first kappa shape index (κ1) is 17.5. The lowest BCUT2D eigenvalue weighted by Crippen LogP contribution is -2.35. The average Bonchev–Trinajstić information content (AvgIpc) is 2.68. The summed E-state index contributed by atoms with van der Waals surface area (Å²) < 4.78 is 6.15. The van der Waals surface area contributed by atoms with Crippen molar-refractivity contribution >= 4 is 0 Å². The monoisotopic (exact) mass is 351 g/mol. The molecule has 0 amide bonds. The largest absolute Gasteiger partial charge is 0.493 e. The summed E-state index contributed by atoms with van der Waals surface area (Å²) >= 11 is 0. The lowest BCUT2D eigenvalue weighted by atomic mass is 9.97. The van der Waals surface area contributed by atoms with Crippen LogP contribution in [0, 0.1) is 5.92 Å². The SMILES string of the molecule is CN1CCc2ccc(OCC3CCN(Cc4ccccn4)CC3)cc2C1. The van der Waals surface area contributed by atoms with E-state index < -0.39 is 0 Å². The van der Waals surface area contributed by atoms with Crippen LogP contribution in [0.25, 0.3) is 0 Å². The highest BCUT2D eigenvalue weighted by Gasteiger charge is 2.20. The second-order valence-electron chi connectivity index (χ2n) is 7.77. The molecule has 2 aromatic rings. The Morgan fingerprint density at radius 3 is 2.77 bits per heavy atom. The molecule has 0 aliphatic carbocycles. The molecule has 0 N–H and O–H groups in total. The van der Waals surface area contributed by atoms with Gasteiger partial charge in [0, 0.05) is 25.8 Å². The van der Waals surface area contributed by atoms with Crippen LogP contribution in [0.2, 0.25) is 0 Å². The van der Waals surface area contributed by atoms with Crippen LogP contribution >= 0.6 is 0 Å². The van der Waals surface area contributed by atoms with Crippen LogP contribution < -0.4 is 4.74 Å². The Kier molecular flexibility index (Phi) is 5.51. The van der Waals surface area contributed by atoms with Crippen LogP contribution in [0.1, 0.15) is 29.7 Å². The number of likely N-dealkylation sites (N-methyl/N-ethyl adjacent to an activating group) is 1. The van der Waals surface area contributed by atoms with Crippen LogP contribution in [-0.4, -0.2) is 48.1 Å². The highest BCUT2D eigenvalue weighted by molar-refractivity contribution is 5.37. The van der Waals surface area contributed by atoms with Crippen molar-refractivity contribution in [2.24, 2.45) is 5.92 Å². The van der Waals surface area contributed by atoms with Gasteiger partial charge in [0.15, 0.2) is 0 Å². The van der Waals surface area contributed by atoms with Crippen molar-refractivity contribution in [1.29, 1.82) is 0 Å². The minimum Gasteiger partial charge on any atom is -0.493 e. The van der Waals surface area contributed by atoms with E-state index in [-0.39, 0.29) is 0 Å². The van der Waals surface area contributed by atoms with Gasteiger partial charge >= 0.3 is 0 Å². The number of hydrogen-bond donors (Lipinski definition) is 0. The molecule has 0 atom stereocenters. The molecule has 0 radical (unpaired) electrons. The van der Waals surface area contributed by atoms with E-state index in [1.165, 1.54) is 29.7 Å². The summed E-state index contributed by atoms with van der Waals surface area (Å²) in [6, 6.07) is 12.8. The summed E-state index contributed by atoms with van der Waals surface area (Å²) in [5, 5.41) is 0. The van der Waals surface area contributed by atoms with Gasteiger partial charge in [-0.25, -0.2) is 0 Å². The number of aromatic nitrogens is 1. The number of benzene rings is 1. The van der Waals surface area contributed by atoms with Crippen LogP contribution in [0.4, 0.5) is 0 Å². The van der Waals surface area contributed by atoms with Gasteiger partial charge < -0.3 is 9.64 Å². The maximum absolute atomic E-state index is 6.15. The molecule has 2 aliphatic rings. The first-order valence-electron chi connectivity index (χ1n) is 9.82. The Morgan fingerprint density at radius 2 is 1.96 bits per heavy atom. The summed E-state index contributed by atoms with van der Waals surface area (Å²) in [6.45, 7) is 6.28. The highest BCUT2D eigenvalue weighted by atomic mass is 16.5. The van der Waals surface area contributed by atoms with Crippen molar-refractivity contribution in [2.45, 2.75) is 32.4 Å². The summed E-state index contributed by atoms with van der Waals surface area (Å²) in [5.41, 5.74) is 4.08. The lowest BCUT2D eigenvalue weighted by molar-refractivity contribution is 0.135. The average molecular weight is 351 g/mol. The summed E-state index contributed by atoms with van der Waals surface area (Å²) in [5.74, 6) is 1.70. The number of piperidine rings is 1. The van der Waals surface area contributed by atoms with E-state index in [0.717, 1.165) is 51.5 Å². The molecule has 4 heteroatoms. The Hall–Kier alpha value is -1.91. The number of fused-ring (bicyclic) bond motifs is 1. The Morgan fingerprint density at radius 1 is 1.08 bits per heavy atom. The number of rotatable bonds is 5. The molecule has 4 nitrogen and oxygen atoms in total. The molecule has 2 aliphatic heterocycles. The maximum atomic E-state index is 6.15. The molecule has 0 unspecified atom stereocenters. The molecule has 0 saturated carbocycles. The van der Waals surface area contributed by atoms with Crippen molar-refractivity contribution in [1.82, 2.24) is 14.8 Å². The summed E-state index contributed by atoms with van der Waals surface area (Å²) in [4.78, 5) is 9.32. The van der Waals surface area contributed by atoms with Crippen LogP contribution in [0.5, 0.6) is 5.75 Å². The van der Waals surface area contributed by atoms with E-state index in [9.17, 15) is 0 Å². The molecule has 4 rings (SSSR count). The van der Waals surface area contributed by atoms with E-state index in [0.29, 0.717) is 5.92 Å². The van der Waals surface area contributed by atoms with Gasteiger partial charge in [-0.3, -0.25) is 9.88 Å². The van der Waals surface area contributed by atoms with Crippen LogP contribution in [0.15, 0.2) is 42.6 Å². The van der Waals surface area contributed by atoms with Crippen LogP contribution in [-0.2, 0) is 19.5 Å². The number of pyridine rings is 1. The molecule has 1 aromatic heterocycles. The quantitative estimate of drug-likeness (QED) is 0.826. The molecule has 1 fully saturated rings. The van der Waals surface area contributed by atoms with Gasteiger partial charge in [-0.15, -0.1) is 0 Å². The van der Waals surface area contributed by atoms with Gasteiger partial charge in [0.25, 0.3) is 0 Å². The normalized spacial score (nSPS) is 19.3. The molecule has 138 valence electrons. The zero-order valence-corrected chi connectivity index (χ0v) is 15.7. The fraction of sp³-hybridized carbons (Fsp3) is 0.500. The Bertz CT molecular complexity index is 711. The number of likely N-dealkylation sites (tertiary alicyclic amines) is 1. The zero-order chi connectivity index (χ0) is 17.8. The van der Waals surface area contributed by atoms with E-state index in [1.54, 1.807) is 0 Å². The number of hydrogen-bond acceptors (Lipinski definition) is 4. The molecule has 3 heterocycles. The second kappa shape index (κ2) is 8.19. The lowest BCUT2D eigenvalue weighted by Gasteiger charge is -2.31. The van der Waals surface area contributed by atoms with Crippen molar-refractivity contribution in [3.05, 3.63) is 59.4 Å². The van der Waals surface area contributed by atoms with Gasteiger partial charge in [0.1, 0.15) is 5.75 Å². The smallest absolute Gasteiger partial charge is 0.119 e. The first-order valence-corrected chi connectivity index (χ1v) is 9.82. The van der Waals surface area contributed by atoms with Crippen molar-refractivity contribution in [3.63, 3.8) is 0 Å². The van der Waals surface area contributed by atoms with Crippen molar-refractivity contribution in [2.75, 3.05) is 33.3 Å². The van der Waals surface area contributed by atoms with Gasteiger partial charge in [-0.1, -0.05) is 12.1 Å². The number of nitrogens with zero attached hydrogens (tertiary/aromatic N) is 3. The van der Waals surface area contributed by atoms with Gasteiger partial charge in [-0.05, 0) is 80.7 Å². The summed E-state index contributed by atoms with van der Waals surface area (Å²) in [7, 11) is 2.19. The molecule has 0 spiro atoms. The van der Waals surface area contributed by atoms with Crippen molar-refractivity contribution in [3.8, 4) is 5.75 Å². The zero-order valence-electron chi connectivity index (χ0n) is 15.7. The molecular weight excluding hydrogens is 322 g/mol. The van der Waals surface area contributed by atoms with E-state index in [4.69, 9.17) is 4.74 Å². The van der Waals surface area contributed by atoms with E-state index in [2.05, 4.69) is 52.2 Å². The molecule has 1 saturated heterocycles. The third kappa shape index (κ3) is 4.43. The molecule has 26 heavy (non-hydrogen) atoms. The van der Waals surface area contributed by atoms with E-state index in [1.807, 2.05) is 12.3 Å². The topological polar surface area (TPSA) is 28.6 Å². The first-order chi connectivity index (χ1) is 12.8. The third-order valence-electron chi connectivity index (χ3n) is 5.69. The van der Waals surface area contributed by atoms with Gasteiger partial charge in [-0.2, -0.15) is 0 Å². The predicted octanol–water partition coefficient (Wildman–Crippen LogP) is 3.36.